The summed E-state index contributed by atoms with van der Waals surface area (Å²) in [6.07, 6.45) is 1.14. The van der Waals surface area contributed by atoms with E-state index in [1.807, 2.05) is 47.2 Å². The molecule has 1 unspecified atom stereocenters. The van der Waals surface area contributed by atoms with Crippen LogP contribution >= 0.6 is 22.7 Å². The topological polar surface area (TPSA) is 82.5 Å². The smallest absolute Gasteiger partial charge is 0.263 e. The molecule has 5 rings (SSSR count). The molecule has 4 heterocycles. The van der Waals surface area contributed by atoms with Crippen molar-refractivity contribution in [2.45, 2.75) is 12.6 Å². The molecular weight excluding hydrogens is 422 g/mol. The molecule has 1 atom stereocenters. The number of ether oxygens (including phenoxy) is 2. The molecule has 1 aliphatic rings. The van der Waals surface area contributed by atoms with Crippen molar-refractivity contribution in [1.29, 1.82) is 0 Å². The first-order valence-electron chi connectivity index (χ1n) is 9.35. The van der Waals surface area contributed by atoms with E-state index in [2.05, 4.69) is 10.3 Å². The van der Waals surface area contributed by atoms with E-state index < -0.39 is 0 Å². The van der Waals surface area contributed by atoms with Crippen molar-refractivity contribution in [1.82, 2.24) is 14.9 Å². The van der Waals surface area contributed by atoms with Crippen LogP contribution in [0.15, 0.2) is 58.3 Å². The Morgan fingerprint density at radius 1 is 1.20 bits per heavy atom. The Morgan fingerprint density at radius 2 is 2.07 bits per heavy atom. The van der Waals surface area contributed by atoms with Crippen LogP contribution in [0.4, 0.5) is 0 Å². The summed E-state index contributed by atoms with van der Waals surface area (Å²) >= 11 is 3.00. The number of hydrogen-bond donors (Lipinski definition) is 1. The lowest BCUT2D eigenvalue weighted by molar-refractivity contribution is -0.122. The summed E-state index contributed by atoms with van der Waals surface area (Å²) in [5, 5.41) is 7.28. The van der Waals surface area contributed by atoms with Crippen molar-refractivity contribution < 1.29 is 14.3 Å². The van der Waals surface area contributed by atoms with Gasteiger partial charge in [-0.15, -0.1) is 22.7 Å². The van der Waals surface area contributed by atoms with Gasteiger partial charge < -0.3 is 14.8 Å². The van der Waals surface area contributed by atoms with Crippen LogP contribution in [0.5, 0.6) is 11.5 Å². The average Bonchev–Trinajstić information content (AvgIpc) is 3.44. The molecule has 3 aromatic heterocycles. The van der Waals surface area contributed by atoms with Gasteiger partial charge in [-0.3, -0.25) is 14.2 Å². The van der Waals surface area contributed by atoms with Gasteiger partial charge in [-0.1, -0.05) is 18.2 Å². The third-order valence-electron chi connectivity index (χ3n) is 4.76. The zero-order valence-electron chi connectivity index (χ0n) is 15.7. The van der Waals surface area contributed by atoms with Crippen LogP contribution in [0.3, 0.4) is 0 Å². The van der Waals surface area contributed by atoms with Crippen molar-refractivity contribution in [3.05, 3.63) is 63.8 Å². The summed E-state index contributed by atoms with van der Waals surface area (Å²) in [5.41, 5.74) is 0.648. The van der Waals surface area contributed by atoms with Crippen molar-refractivity contribution in [3.63, 3.8) is 0 Å². The minimum Gasteiger partial charge on any atom is -0.486 e. The summed E-state index contributed by atoms with van der Waals surface area (Å²) in [5.74, 6) is 1.07. The minimum absolute atomic E-state index is 0.105. The van der Waals surface area contributed by atoms with Gasteiger partial charge in [0, 0.05) is 15.8 Å². The molecule has 7 nitrogen and oxygen atoms in total. The van der Waals surface area contributed by atoms with Gasteiger partial charge in [-0.2, -0.15) is 0 Å². The van der Waals surface area contributed by atoms with Crippen LogP contribution < -0.4 is 20.3 Å². The fourth-order valence-electron chi connectivity index (χ4n) is 3.30. The van der Waals surface area contributed by atoms with Gasteiger partial charge in [0.15, 0.2) is 11.5 Å². The Labute approximate surface area is 179 Å². The number of carbonyl (C=O) groups excluding carboxylic acids is 1. The molecule has 1 N–H and O–H groups in total. The van der Waals surface area contributed by atoms with Crippen molar-refractivity contribution in [2.24, 2.45) is 0 Å². The molecule has 0 saturated carbocycles. The highest BCUT2D eigenvalue weighted by molar-refractivity contribution is 7.18. The van der Waals surface area contributed by atoms with Crippen LogP contribution in [0, 0.1) is 0 Å². The molecule has 1 aromatic carbocycles. The molecule has 4 aromatic rings. The predicted octanol–water partition coefficient (Wildman–Crippen LogP) is 3.14. The predicted molar refractivity (Wildman–Crippen MR) is 117 cm³/mol. The lowest BCUT2D eigenvalue weighted by Gasteiger charge is -2.26. The average molecular weight is 440 g/mol. The largest absolute Gasteiger partial charge is 0.486 e. The number of amides is 1. The summed E-state index contributed by atoms with van der Waals surface area (Å²) in [6, 6.07) is 11.3. The molecule has 0 radical (unpaired) electrons. The molecule has 1 amide bonds. The van der Waals surface area contributed by atoms with Crippen molar-refractivity contribution in [3.8, 4) is 21.9 Å². The van der Waals surface area contributed by atoms with Gasteiger partial charge in [-0.05, 0) is 23.6 Å². The first-order chi connectivity index (χ1) is 14.7. The molecular formula is C21H17N3O4S2. The fraction of sp³-hybridized carbons (Fsp3) is 0.190. The zero-order valence-corrected chi connectivity index (χ0v) is 17.4. The van der Waals surface area contributed by atoms with Crippen LogP contribution in [-0.4, -0.2) is 34.7 Å². The Hall–Kier alpha value is -3.17. The number of carbonyl (C=O) groups is 1. The number of thiophene rings is 2. The third kappa shape index (κ3) is 3.57. The molecule has 0 bridgehead atoms. The molecule has 1 aliphatic heterocycles. The quantitative estimate of drug-likeness (QED) is 0.517. The standard InChI is InChI=1S/C21H17N3O4S2/c25-18(22-8-13-10-27-15-4-1-2-5-16(15)28-13)9-24-12-23-20-19(21(24)26)14(11-30-20)17-6-3-7-29-17/h1-7,11-13H,8-10H2,(H,22,25). The van der Waals surface area contributed by atoms with Crippen molar-refractivity contribution in [2.75, 3.05) is 13.2 Å². The maximum Gasteiger partial charge on any atom is 0.263 e. The number of hydrogen-bond acceptors (Lipinski definition) is 7. The van der Waals surface area contributed by atoms with E-state index in [9.17, 15) is 9.59 Å². The SMILES string of the molecule is O=C(Cn1cnc2scc(-c3cccs3)c2c1=O)NCC1COc2ccccc2O1. The van der Waals surface area contributed by atoms with E-state index in [4.69, 9.17) is 9.47 Å². The molecule has 0 spiro atoms. The Balaban J connectivity index is 1.28. The van der Waals surface area contributed by atoms with Gasteiger partial charge in [0.1, 0.15) is 24.1 Å². The van der Waals surface area contributed by atoms with Gasteiger partial charge in [0.05, 0.1) is 18.3 Å². The Kier molecular flexibility index (Phi) is 4.97. The summed E-state index contributed by atoms with van der Waals surface area (Å²) in [4.78, 5) is 31.5. The highest BCUT2D eigenvalue weighted by atomic mass is 32.1. The number of nitrogens with one attached hydrogen (secondary N) is 1. The summed E-state index contributed by atoms with van der Waals surface area (Å²) in [6.45, 7) is 0.534. The Morgan fingerprint density at radius 3 is 2.90 bits per heavy atom. The van der Waals surface area contributed by atoms with E-state index >= 15 is 0 Å². The fourth-order valence-corrected chi connectivity index (χ4v) is 5.02. The zero-order chi connectivity index (χ0) is 20.5. The number of para-hydroxylation sites is 2. The number of benzene rings is 1. The first-order valence-corrected chi connectivity index (χ1v) is 11.1. The number of rotatable bonds is 5. The van der Waals surface area contributed by atoms with Gasteiger partial charge in [0.25, 0.3) is 5.56 Å². The number of nitrogens with zero attached hydrogens (tertiary/aromatic N) is 2. The second kappa shape index (κ2) is 7.92. The van der Waals surface area contributed by atoms with E-state index in [0.29, 0.717) is 28.3 Å². The third-order valence-corrected chi connectivity index (χ3v) is 6.55. The highest BCUT2D eigenvalue weighted by Gasteiger charge is 2.21. The van der Waals surface area contributed by atoms with Gasteiger partial charge in [0.2, 0.25) is 5.91 Å². The molecule has 30 heavy (non-hydrogen) atoms. The molecule has 0 aliphatic carbocycles. The number of fused-ring (bicyclic) bond motifs is 2. The Bertz CT molecular complexity index is 1260. The lowest BCUT2D eigenvalue weighted by Crippen LogP contribution is -2.42. The summed E-state index contributed by atoms with van der Waals surface area (Å²) in [7, 11) is 0. The van der Waals surface area contributed by atoms with Crippen LogP contribution in [0.1, 0.15) is 0 Å². The lowest BCUT2D eigenvalue weighted by atomic mass is 10.2. The van der Waals surface area contributed by atoms with Crippen molar-refractivity contribution >= 4 is 38.8 Å². The molecule has 152 valence electrons. The first kappa shape index (κ1) is 18.8. The van der Waals surface area contributed by atoms with Crippen LogP contribution in [0.2, 0.25) is 0 Å². The second-order valence-electron chi connectivity index (χ2n) is 6.79. The maximum absolute atomic E-state index is 13.0. The monoisotopic (exact) mass is 439 g/mol. The van der Waals surface area contributed by atoms with Crippen LogP contribution in [0.25, 0.3) is 20.7 Å². The van der Waals surface area contributed by atoms with E-state index in [-0.39, 0.29) is 30.7 Å². The normalized spacial score (nSPS) is 15.3. The highest BCUT2D eigenvalue weighted by Crippen LogP contribution is 2.33. The van der Waals surface area contributed by atoms with E-state index in [1.54, 1.807) is 11.3 Å². The summed E-state index contributed by atoms with van der Waals surface area (Å²) < 4.78 is 12.8. The maximum atomic E-state index is 13.0. The van der Waals surface area contributed by atoms with Gasteiger partial charge >= 0.3 is 0 Å². The minimum atomic E-state index is -0.288. The second-order valence-corrected chi connectivity index (χ2v) is 8.59. The van der Waals surface area contributed by atoms with Crippen LogP contribution in [-0.2, 0) is 11.3 Å². The van der Waals surface area contributed by atoms with E-state index in [0.717, 1.165) is 10.4 Å². The molecule has 9 heteroatoms. The van der Waals surface area contributed by atoms with Gasteiger partial charge in [-0.25, -0.2) is 4.98 Å². The van der Waals surface area contributed by atoms with E-state index in [1.165, 1.54) is 22.2 Å². The number of aromatic nitrogens is 2. The molecule has 0 saturated heterocycles. The molecule has 0 fully saturated rings.